The van der Waals surface area contributed by atoms with Crippen molar-refractivity contribution in [1.82, 2.24) is 15.5 Å². The quantitative estimate of drug-likeness (QED) is 0.638. The van der Waals surface area contributed by atoms with Gasteiger partial charge in [-0.3, -0.25) is 14.5 Å². The fourth-order valence-corrected chi connectivity index (χ4v) is 3.45. The van der Waals surface area contributed by atoms with Gasteiger partial charge in [-0.15, -0.1) is 0 Å². The highest BCUT2D eigenvalue weighted by Gasteiger charge is 2.24. The maximum atomic E-state index is 13.4. The van der Waals surface area contributed by atoms with Gasteiger partial charge in [-0.05, 0) is 36.3 Å². The molecular weight excluding hydrogens is 397 g/mol. The summed E-state index contributed by atoms with van der Waals surface area (Å²) in [6.07, 6.45) is 3.11. The zero-order valence-electron chi connectivity index (χ0n) is 17.6. The molecule has 2 aromatic carbocycles. The molecule has 1 fully saturated rings. The van der Waals surface area contributed by atoms with Crippen molar-refractivity contribution in [1.29, 1.82) is 0 Å². The summed E-state index contributed by atoms with van der Waals surface area (Å²) < 4.78 is 18.8. The number of amides is 2. The van der Waals surface area contributed by atoms with E-state index < -0.39 is 6.04 Å². The van der Waals surface area contributed by atoms with Crippen molar-refractivity contribution in [2.75, 3.05) is 32.8 Å². The minimum absolute atomic E-state index is 0.102. The van der Waals surface area contributed by atoms with Crippen molar-refractivity contribution in [2.24, 2.45) is 0 Å². The Balaban J connectivity index is 1.56. The summed E-state index contributed by atoms with van der Waals surface area (Å²) in [6, 6.07) is 15.0. The Kier molecular flexibility index (Phi) is 8.32. The smallest absolute Gasteiger partial charge is 0.244 e. The zero-order valence-corrected chi connectivity index (χ0v) is 17.6. The molecule has 1 aliphatic heterocycles. The third kappa shape index (κ3) is 7.01. The van der Waals surface area contributed by atoms with E-state index in [0.717, 1.165) is 24.2 Å². The van der Waals surface area contributed by atoms with Crippen LogP contribution in [0.25, 0.3) is 6.08 Å². The molecule has 164 valence electrons. The molecule has 1 saturated heterocycles. The highest BCUT2D eigenvalue weighted by Crippen LogP contribution is 2.21. The number of rotatable bonds is 8. The summed E-state index contributed by atoms with van der Waals surface area (Å²) >= 11 is 0. The van der Waals surface area contributed by atoms with E-state index in [0.29, 0.717) is 19.8 Å². The van der Waals surface area contributed by atoms with Gasteiger partial charge in [-0.25, -0.2) is 4.39 Å². The van der Waals surface area contributed by atoms with Gasteiger partial charge in [0.2, 0.25) is 11.8 Å². The lowest BCUT2D eigenvalue weighted by atomic mass is 10.0. The summed E-state index contributed by atoms with van der Waals surface area (Å²) in [6.45, 7) is 4.69. The summed E-state index contributed by atoms with van der Waals surface area (Å²) in [4.78, 5) is 26.9. The van der Waals surface area contributed by atoms with Crippen LogP contribution in [0.1, 0.15) is 24.1 Å². The number of nitrogens with zero attached hydrogens (tertiary/aromatic N) is 1. The largest absolute Gasteiger partial charge is 0.379 e. The number of carbonyl (C=O) groups excluding carboxylic acids is 2. The maximum absolute atomic E-state index is 13.4. The summed E-state index contributed by atoms with van der Waals surface area (Å²) in [5, 5.41) is 5.60. The Morgan fingerprint density at radius 2 is 1.77 bits per heavy atom. The molecule has 3 rings (SSSR count). The Labute approximate surface area is 182 Å². The lowest BCUT2D eigenvalue weighted by Crippen LogP contribution is -2.48. The van der Waals surface area contributed by atoms with Crippen LogP contribution in [-0.4, -0.2) is 55.6 Å². The molecule has 0 radical (unpaired) electrons. The molecular formula is C24H28FN3O3. The minimum atomic E-state index is -0.688. The first kappa shape index (κ1) is 22.7. The fraction of sp³-hybridized carbons (Fsp3) is 0.333. The van der Waals surface area contributed by atoms with Gasteiger partial charge in [0.15, 0.2) is 0 Å². The van der Waals surface area contributed by atoms with E-state index in [1.807, 2.05) is 30.3 Å². The van der Waals surface area contributed by atoms with Crippen LogP contribution in [-0.2, 0) is 14.3 Å². The van der Waals surface area contributed by atoms with E-state index in [2.05, 4.69) is 15.5 Å². The maximum Gasteiger partial charge on any atom is 0.244 e. The molecule has 0 aliphatic carbocycles. The number of hydrogen-bond acceptors (Lipinski definition) is 4. The highest BCUT2D eigenvalue weighted by atomic mass is 19.1. The van der Waals surface area contributed by atoms with Gasteiger partial charge in [0, 0.05) is 25.7 Å². The summed E-state index contributed by atoms with van der Waals surface area (Å²) in [7, 11) is 0. The SMILES string of the molecule is CC(NC(=O)/C=C/c1ccccc1)C(=O)NCC(c1ccc(F)cc1)N1CCOCC1. The van der Waals surface area contributed by atoms with Crippen LogP contribution in [0.15, 0.2) is 60.7 Å². The molecule has 0 saturated carbocycles. The Hall–Kier alpha value is -3.03. The van der Waals surface area contributed by atoms with Crippen LogP contribution >= 0.6 is 0 Å². The van der Waals surface area contributed by atoms with Gasteiger partial charge in [0.05, 0.1) is 19.3 Å². The van der Waals surface area contributed by atoms with Crippen LogP contribution in [0.3, 0.4) is 0 Å². The standard InChI is InChI=1S/C24H28FN3O3/c1-18(27-23(29)12-7-19-5-3-2-4-6-19)24(30)26-17-22(28-13-15-31-16-14-28)20-8-10-21(25)11-9-20/h2-12,18,22H,13-17H2,1H3,(H,26,30)(H,27,29)/b12-7+. The van der Waals surface area contributed by atoms with Crippen molar-refractivity contribution in [3.63, 3.8) is 0 Å². The number of hydrogen-bond donors (Lipinski definition) is 2. The third-order valence-corrected chi connectivity index (χ3v) is 5.19. The number of ether oxygens (including phenoxy) is 1. The van der Waals surface area contributed by atoms with E-state index in [1.165, 1.54) is 18.2 Å². The van der Waals surface area contributed by atoms with Crippen LogP contribution in [0.4, 0.5) is 4.39 Å². The molecule has 1 aliphatic rings. The lowest BCUT2D eigenvalue weighted by Gasteiger charge is -2.35. The predicted molar refractivity (Wildman–Crippen MR) is 118 cm³/mol. The van der Waals surface area contributed by atoms with Crippen molar-refractivity contribution in [3.05, 3.63) is 77.6 Å². The van der Waals surface area contributed by atoms with E-state index >= 15 is 0 Å². The van der Waals surface area contributed by atoms with Gasteiger partial charge in [0.25, 0.3) is 0 Å². The van der Waals surface area contributed by atoms with Crippen LogP contribution in [0.5, 0.6) is 0 Å². The lowest BCUT2D eigenvalue weighted by molar-refractivity contribution is -0.126. The molecule has 0 spiro atoms. The van der Waals surface area contributed by atoms with E-state index in [-0.39, 0.29) is 23.7 Å². The van der Waals surface area contributed by atoms with Crippen molar-refractivity contribution in [3.8, 4) is 0 Å². The topological polar surface area (TPSA) is 70.7 Å². The number of carbonyl (C=O) groups is 2. The first-order valence-electron chi connectivity index (χ1n) is 10.4. The van der Waals surface area contributed by atoms with E-state index in [9.17, 15) is 14.0 Å². The first-order chi connectivity index (χ1) is 15.0. The van der Waals surface area contributed by atoms with Gasteiger partial charge in [-0.1, -0.05) is 42.5 Å². The van der Waals surface area contributed by atoms with E-state index in [1.54, 1.807) is 25.1 Å². The molecule has 31 heavy (non-hydrogen) atoms. The second kappa shape index (κ2) is 11.4. The molecule has 2 amide bonds. The predicted octanol–water partition coefficient (Wildman–Crippen LogP) is 2.53. The molecule has 0 bridgehead atoms. The van der Waals surface area contributed by atoms with Crippen LogP contribution in [0.2, 0.25) is 0 Å². The molecule has 2 atom stereocenters. The molecule has 2 unspecified atom stereocenters. The van der Waals surface area contributed by atoms with Crippen molar-refractivity contribution < 1.29 is 18.7 Å². The molecule has 1 heterocycles. The minimum Gasteiger partial charge on any atom is -0.379 e. The molecule has 0 aromatic heterocycles. The van der Waals surface area contributed by atoms with Gasteiger partial charge >= 0.3 is 0 Å². The second-order valence-corrected chi connectivity index (χ2v) is 7.44. The molecule has 2 aromatic rings. The number of benzene rings is 2. The Morgan fingerprint density at radius 3 is 2.45 bits per heavy atom. The van der Waals surface area contributed by atoms with Crippen molar-refractivity contribution in [2.45, 2.75) is 19.0 Å². The van der Waals surface area contributed by atoms with Gasteiger partial charge in [-0.2, -0.15) is 0 Å². The number of morpholine rings is 1. The first-order valence-corrected chi connectivity index (χ1v) is 10.4. The van der Waals surface area contributed by atoms with Crippen LogP contribution < -0.4 is 10.6 Å². The van der Waals surface area contributed by atoms with Crippen LogP contribution in [0, 0.1) is 5.82 Å². The van der Waals surface area contributed by atoms with Gasteiger partial charge in [0.1, 0.15) is 11.9 Å². The molecule has 6 nitrogen and oxygen atoms in total. The van der Waals surface area contributed by atoms with Gasteiger partial charge < -0.3 is 15.4 Å². The average Bonchev–Trinajstić information content (AvgIpc) is 2.80. The normalized spacial score (nSPS) is 16.6. The fourth-order valence-electron chi connectivity index (χ4n) is 3.45. The summed E-state index contributed by atoms with van der Waals surface area (Å²) in [5.74, 6) is -0.912. The summed E-state index contributed by atoms with van der Waals surface area (Å²) in [5.41, 5.74) is 1.83. The Bertz CT molecular complexity index is 881. The average molecular weight is 426 g/mol. The highest BCUT2D eigenvalue weighted by molar-refractivity contribution is 5.95. The monoisotopic (exact) mass is 425 g/mol. The molecule has 7 heteroatoms. The third-order valence-electron chi connectivity index (χ3n) is 5.19. The Morgan fingerprint density at radius 1 is 1.10 bits per heavy atom. The molecule has 2 N–H and O–H groups in total. The second-order valence-electron chi connectivity index (χ2n) is 7.44. The number of halogens is 1. The van der Waals surface area contributed by atoms with E-state index in [4.69, 9.17) is 4.74 Å². The zero-order chi connectivity index (χ0) is 22.1. The number of nitrogens with one attached hydrogen (secondary N) is 2. The van der Waals surface area contributed by atoms with Crippen molar-refractivity contribution >= 4 is 17.9 Å².